The second-order valence-electron chi connectivity index (χ2n) is 4.39. The topological polar surface area (TPSA) is 69.4 Å². The van der Waals surface area contributed by atoms with E-state index in [2.05, 4.69) is 0 Å². The standard InChI is InChI=1S/C15H13NO4/c1-10-3-6-13(16(18)19)9-15(10)20-14-7-4-12(5-8-14)11(2)17/h3-9H,1-2H3. The number of benzene rings is 2. The lowest BCUT2D eigenvalue weighted by molar-refractivity contribution is -0.384. The Bertz CT molecular complexity index is 662. The van der Waals surface area contributed by atoms with E-state index in [9.17, 15) is 14.9 Å². The van der Waals surface area contributed by atoms with Gasteiger partial charge in [-0.25, -0.2) is 0 Å². The van der Waals surface area contributed by atoms with Crippen molar-refractivity contribution in [3.05, 3.63) is 63.7 Å². The van der Waals surface area contributed by atoms with E-state index in [4.69, 9.17) is 4.74 Å². The summed E-state index contributed by atoms with van der Waals surface area (Å²) < 4.78 is 5.62. The second-order valence-corrected chi connectivity index (χ2v) is 4.39. The molecule has 0 fully saturated rings. The van der Waals surface area contributed by atoms with Gasteiger partial charge in [-0.05, 0) is 49.7 Å². The maximum absolute atomic E-state index is 11.2. The molecule has 0 aliphatic heterocycles. The Hall–Kier alpha value is -2.69. The van der Waals surface area contributed by atoms with Crippen molar-refractivity contribution >= 4 is 11.5 Å². The van der Waals surface area contributed by atoms with E-state index in [1.54, 1.807) is 30.3 Å². The molecule has 0 bridgehead atoms. The first-order valence-corrected chi connectivity index (χ1v) is 6.01. The summed E-state index contributed by atoms with van der Waals surface area (Å²) in [6, 6.07) is 11.1. The van der Waals surface area contributed by atoms with Crippen molar-refractivity contribution in [3.63, 3.8) is 0 Å². The van der Waals surface area contributed by atoms with E-state index < -0.39 is 4.92 Å². The molecule has 0 aliphatic rings. The third kappa shape index (κ3) is 3.00. The molecule has 102 valence electrons. The maximum atomic E-state index is 11.2. The number of Topliss-reactive ketones (excluding diaryl/α,β-unsaturated/α-hetero) is 1. The van der Waals surface area contributed by atoms with Crippen LogP contribution in [0, 0.1) is 17.0 Å². The van der Waals surface area contributed by atoms with Crippen LogP contribution in [-0.4, -0.2) is 10.7 Å². The highest BCUT2D eigenvalue weighted by molar-refractivity contribution is 5.94. The fourth-order valence-electron chi connectivity index (χ4n) is 1.70. The minimum absolute atomic E-state index is 0.0223. The highest BCUT2D eigenvalue weighted by Crippen LogP contribution is 2.29. The molecular formula is C15H13NO4. The molecular weight excluding hydrogens is 258 g/mol. The molecule has 0 saturated heterocycles. The molecule has 0 unspecified atom stereocenters. The third-order valence-corrected chi connectivity index (χ3v) is 2.87. The second kappa shape index (κ2) is 5.52. The fourth-order valence-corrected chi connectivity index (χ4v) is 1.70. The molecule has 0 atom stereocenters. The monoisotopic (exact) mass is 271 g/mol. The van der Waals surface area contributed by atoms with Crippen molar-refractivity contribution < 1.29 is 14.5 Å². The van der Waals surface area contributed by atoms with Crippen LogP contribution in [0.1, 0.15) is 22.8 Å². The van der Waals surface area contributed by atoms with Gasteiger partial charge in [0, 0.05) is 11.6 Å². The average molecular weight is 271 g/mol. The lowest BCUT2D eigenvalue weighted by Crippen LogP contribution is -1.94. The number of hydrogen-bond donors (Lipinski definition) is 0. The van der Waals surface area contributed by atoms with Gasteiger partial charge < -0.3 is 4.74 Å². The van der Waals surface area contributed by atoms with Gasteiger partial charge >= 0.3 is 0 Å². The van der Waals surface area contributed by atoms with Crippen LogP contribution in [0.5, 0.6) is 11.5 Å². The Labute approximate surface area is 116 Å². The van der Waals surface area contributed by atoms with Crippen molar-refractivity contribution in [1.82, 2.24) is 0 Å². The number of ketones is 1. The summed E-state index contributed by atoms with van der Waals surface area (Å²) in [5.41, 5.74) is 1.37. The SMILES string of the molecule is CC(=O)c1ccc(Oc2cc([N+](=O)[O-])ccc2C)cc1. The smallest absolute Gasteiger partial charge is 0.273 e. The fraction of sp³-hybridized carbons (Fsp3) is 0.133. The number of ether oxygens (including phenoxy) is 1. The predicted octanol–water partition coefficient (Wildman–Crippen LogP) is 3.90. The Morgan fingerprint density at radius 2 is 1.80 bits per heavy atom. The molecule has 2 aromatic carbocycles. The lowest BCUT2D eigenvalue weighted by atomic mass is 10.1. The minimum atomic E-state index is -0.467. The minimum Gasteiger partial charge on any atom is -0.457 e. The molecule has 0 radical (unpaired) electrons. The van der Waals surface area contributed by atoms with Gasteiger partial charge in [0.05, 0.1) is 11.0 Å². The zero-order valence-electron chi connectivity index (χ0n) is 11.1. The first-order valence-electron chi connectivity index (χ1n) is 6.01. The Kier molecular flexibility index (Phi) is 3.79. The molecule has 5 nitrogen and oxygen atoms in total. The van der Waals surface area contributed by atoms with Crippen LogP contribution in [-0.2, 0) is 0 Å². The average Bonchev–Trinajstić information content (AvgIpc) is 2.41. The van der Waals surface area contributed by atoms with Crippen LogP contribution >= 0.6 is 0 Å². The largest absolute Gasteiger partial charge is 0.457 e. The van der Waals surface area contributed by atoms with Crippen LogP contribution in [0.15, 0.2) is 42.5 Å². The summed E-state index contributed by atoms with van der Waals surface area (Å²) in [6.07, 6.45) is 0. The summed E-state index contributed by atoms with van der Waals surface area (Å²) in [5.74, 6) is 0.927. The number of rotatable bonds is 4. The third-order valence-electron chi connectivity index (χ3n) is 2.87. The zero-order chi connectivity index (χ0) is 14.7. The normalized spacial score (nSPS) is 10.1. The van der Waals surface area contributed by atoms with E-state index >= 15 is 0 Å². The highest BCUT2D eigenvalue weighted by Gasteiger charge is 2.10. The molecule has 20 heavy (non-hydrogen) atoms. The molecule has 0 heterocycles. The number of carbonyl (C=O) groups is 1. The van der Waals surface area contributed by atoms with Gasteiger partial charge in [0.2, 0.25) is 0 Å². The molecule has 0 amide bonds. The number of carbonyl (C=O) groups excluding carboxylic acids is 1. The molecule has 0 aliphatic carbocycles. The summed E-state index contributed by atoms with van der Waals surface area (Å²) >= 11 is 0. The van der Waals surface area contributed by atoms with Crippen LogP contribution in [0.3, 0.4) is 0 Å². The predicted molar refractivity (Wildman–Crippen MR) is 74.4 cm³/mol. The summed E-state index contributed by atoms with van der Waals surface area (Å²) in [4.78, 5) is 21.5. The number of non-ortho nitro benzene ring substituents is 1. The molecule has 0 saturated carbocycles. The molecule has 2 aromatic rings. The van der Waals surface area contributed by atoms with Gasteiger partial charge in [0.1, 0.15) is 11.5 Å². The molecule has 0 N–H and O–H groups in total. The highest BCUT2D eigenvalue weighted by atomic mass is 16.6. The molecule has 2 rings (SSSR count). The van der Waals surface area contributed by atoms with Gasteiger partial charge in [-0.1, -0.05) is 0 Å². The zero-order valence-corrected chi connectivity index (χ0v) is 11.1. The quantitative estimate of drug-likeness (QED) is 0.480. The van der Waals surface area contributed by atoms with Gasteiger partial charge in [-0.15, -0.1) is 0 Å². The number of nitrogens with zero attached hydrogens (tertiary/aromatic N) is 1. The van der Waals surface area contributed by atoms with E-state index in [1.165, 1.54) is 19.1 Å². The van der Waals surface area contributed by atoms with Gasteiger partial charge in [-0.3, -0.25) is 14.9 Å². The number of aryl methyl sites for hydroxylation is 1. The van der Waals surface area contributed by atoms with Crippen molar-refractivity contribution in [3.8, 4) is 11.5 Å². The Balaban J connectivity index is 2.27. The van der Waals surface area contributed by atoms with E-state index in [1.807, 2.05) is 6.92 Å². The summed E-state index contributed by atoms with van der Waals surface area (Å²) in [5, 5.41) is 10.7. The first kappa shape index (κ1) is 13.7. The molecule has 5 heteroatoms. The maximum Gasteiger partial charge on any atom is 0.273 e. The van der Waals surface area contributed by atoms with Crippen molar-refractivity contribution in [1.29, 1.82) is 0 Å². The van der Waals surface area contributed by atoms with Gasteiger partial charge in [0.25, 0.3) is 5.69 Å². The number of nitro benzene ring substituents is 1. The van der Waals surface area contributed by atoms with E-state index in [0.29, 0.717) is 17.1 Å². The van der Waals surface area contributed by atoms with Crippen LogP contribution < -0.4 is 4.74 Å². The van der Waals surface area contributed by atoms with Crippen LogP contribution in [0.2, 0.25) is 0 Å². The first-order chi connectivity index (χ1) is 9.47. The lowest BCUT2D eigenvalue weighted by Gasteiger charge is -2.08. The summed E-state index contributed by atoms with van der Waals surface area (Å²) in [7, 11) is 0. The molecule has 0 aromatic heterocycles. The van der Waals surface area contributed by atoms with E-state index in [-0.39, 0.29) is 11.5 Å². The van der Waals surface area contributed by atoms with Crippen LogP contribution in [0.25, 0.3) is 0 Å². The van der Waals surface area contributed by atoms with Gasteiger partial charge in [0.15, 0.2) is 5.78 Å². The Morgan fingerprint density at radius 1 is 1.15 bits per heavy atom. The van der Waals surface area contributed by atoms with Gasteiger partial charge in [-0.2, -0.15) is 0 Å². The number of hydrogen-bond acceptors (Lipinski definition) is 4. The Morgan fingerprint density at radius 3 is 2.35 bits per heavy atom. The molecule has 0 spiro atoms. The van der Waals surface area contributed by atoms with Crippen molar-refractivity contribution in [2.24, 2.45) is 0 Å². The van der Waals surface area contributed by atoms with Crippen LogP contribution in [0.4, 0.5) is 5.69 Å². The van der Waals surface area contributed by atoms with E-state index in [0.717, 1.165) is 5.56 Å². The van der Waals surface area contributed by atoms with Crippen molar-refractivity contribution in [2.75, 3.05) is 0 Å². The summed E-state index contributed by atoms with van der Waals surface area (Å²) in [6.45, 7) is 3.30. The van der Waals surface area contributed by atoms with Crippen molar-refractivity contribution in [2.45, 2.75) is 13.8 Å². The number of nitro groups is 1.